The highest BCUT2D eigenvalue weighted by molar-refractivity contribution is 6.31. The van der Waals surface area contributed by atoms with Crippen molar-refractivity contribution in [3.63, 3.8) is 0 Å². The predicted octanol–water partition coefficient (Wildman–Crippen LogP) is 5.47. The predicted molar refractivity (Wildman–Crippen MR) is 280 cm³/mol. The Labute approximate surface area is 447 Å². The van der Waals surface area contributed by atoms with Crippen LogP contribution in [0.15, 0.2) is 113 Å². The van der Waals surface area contributed by atoms with E-state index in [4.69, 9.17) is 39.6 Å². The lowest BCUT2D eigenvalue weighted by atomic mass is 9.71. The number of aliphatic hydroxyl groups is 3. The van der Waals surface area contributed by atoms with E-state index in [0.717, 1.165) is 29.0 Å². The molecule has 0 aromatic heterocycles. The second-order valence-electron chi connectivity index (χ2n) is 20.3. The first-order valence-electron chi connectivity index (χ1n) is 25.8. The molecule has 10 atom stereocenters. The molecule has 9 N–H and O–H groups in total. The molecule has 5 aliphatic rings. The Balaban J connectivity index is 0.764. The zero-order valence-corrected chi connectivity index (χ0v) is 42.7. The second kappa shape index (κ2) is 22.2. The van der Waals surface area contributed by atoms with Gasteiger partial charge in [-0.2, -0.15) is 10.2 Å². The highest BCUT2D eigenvalue weighted by atomic mass is 16.7. The number of rotatable bonds is 12. The molecule has 3 aliphatic carbocycles. The number of nitrogens with two attached hydrogens (primary N) is 1. The molecule has 1 saturated carbocycles. The number of aromatic hydroxyl groups is 2. The topological polar surface area (TPSA) is 307 Å². The molecule has 10 rings (SSSR count). The van der Waals surface area contributed by atoms with Crippen LogP contribution in [0.25, 0.3) is 0 Å². The maximum Gasteiger partial charge on any atom is 0.412 e. The van der Waals surface area contributed by atoms with Crippen LogP contribution in [0.3, 0.4) is 0 Å². The minimum atomic E-state index is -2.39. The zero-order valence-electron chi connectivity index (χ0n) is 42.7. The van der Waals surface area contributed by atoms with E-state index in [1.54, 1.807) is 24.3 Å². The van der Waals surface area contributed by atoms with Gasteiger partial charge in [-0.3, -0.25) is 14.4 Å². The first-order chi connectivity index (χ1) is 37.6. The Morgan fingerprint density at radius 3 is 2.04 bits per heavy atom. The Morgan fingerprint density at radius 2 is 1.40 bits per heavy atom. The first-order valence-corrected chi connectivity index (χ1v) is 25.8. The summed E-state index contributed by atoms with van der Waals surface area (Å²) in [5.41, 5.74) is 6.92. The van der Waals surface area contributed by atoms with E-state index in [0.29, 0.717) is 24.8 Å². The van der Waals surface area contributed by atoms with Crippen LogP contribution in [-0.4, -0.2) is 122 Å². The summed E-state index contributed by atoms with van der Waals surface area (Å²) in [6.07, 6.45) is -5.61. The molecular weight excluding hydrogens is 1010 g/mol. The van der Waals surface area contributed by atoms with Crippen molar-refractivity contribution in [3.8, 4) is 23.0 Å². The minimum absolute atomic E-state index is 0.0399. The maximum absolute atomic E-state index is 14.1. The fraction of sp³-hybridized carbons (Fsp3) is 0.362. The fourth-order valence-corrected chi connectivity index (χ4v) is 11.5. The zero-order chi connectivity index (χ0) is 55.0. The van der Waals surface area contributed by atoms with Crippen LogP contribution in [0.1, 0.15) is 111 Å². The van der Waals surface area contributed by atoms with Gasteiger partial charge in [0.25, 0.3) is 0 Å². The normalized spacial score (nSPS) is 26.5. The average Bonchev–Trinajstić information content (AvgIpc) is 3.58. The number of methoxy groups -OCH3 is 1. The molecule has 406 valence electrons. The molecule has 0 radical (unpaired) electrons. The number of hydrogen-bond donors (Lipinski definition) is 8. The number of amides is 2. The van der Waals surface area contributed by atoms with Crippen molar-refractivity contribution < 1.29 is 73.2 Å². The summed E-state index contributed by atoms with van der Waals surface area (Å²) in [7, 11) is 1.30. The van der Waals surface area contributed by atoms with E-state index in [9.17, 15) is 49.5 Å². The van der Waals surface area contributed by atoms with Crippen LogP contribution in [0, 0.1) is 11.8 Å². The third-order valence-electron chi connectivity index (χ3n) is 15.6. The summed E-state index contributed by atoms with van der Waals surface area (Å²) in [6.45, 7) is 0.176. The van der Waals surface area contributed by atoms with Crippen LogP contribution in [0.2, 0.25) is 0 Å². The molecule has 78 heavy (non-hydrogen) atoms. The summed E-state index contributed by atoms with van der Waals surface area (Å²) < 4.78 is 28.8. The number of benzene rings is 5. The third kappa shape index (κ3) is 10.4. The van der Waals surface area contributed by atoms with Crippen LogP contribution in [-0.2, 0) is 32.0 Å². The summed E-state index contributed by atoms with van der Waals surface area (Å²) in [5.74, 6) is -3.85. The van der Waals surface area contributed by atoms with Crippen molar-refractivity contribution in [1.29, 1.82) is 0 Å². The average molecular weight is 1070 g/mol. The maximum atomic E-state index is 14.1. The summed E-state index contributed by atoms with van der Waals surface area (Å²) >= 11 is 0. The van der Waals surface area contributed by atoms with Gasteiger partial charge in [0.1, 0.15) is 47.9 Å². The first kappa shape index (κ1) is 53.5. The summed E-state index contributed by atoms with van der Waals surface area (Å²) in [5, 5.41) is 71.4. The van der Waals surface area contributed by atoms with E-state index in [2.05, 4.69) is 10.6 Å². The minimum Gasteiger partial charge on any atom is -0.507 e. The molecule has 5 aromatic rings. The molecule has 2 heterocycles. The van der Waals surface area contributed by atoms with Gasteiger partial charge in [-0.25, -0.2) is 9.59 Å². The molecule has 5 unspecified atom stereocenters. The Morgan fingerprint density at radius 1 is 0.769 bits per heavy atom. The molecular formula is C58H59N5O15. The molecule has 20 heteroatoms. The lowest BCUT2D eigenvalue weighted by Crippen LogP contribution is -2.56. The third-order valence-corrected chi connectivity index (χ3v) is 15.6. The van der Waals surface area contributed by atoms with Crippen molar-refractivity contribution in [2.75, 3.05) is 13.7 Å². The molecule has 2 aliphatic heterocycles. The van der Waals surface area contributed by atoms with Gasteiger partial charge in [0, 0.05) is 59.9 Å². The van der Waals surface area contributed by atoms with Gasteiger partial charge in [0.15, 0.2) is 17.9 Å². The quantitative estimate of drug-likeness (QED) is 0.0705. The van der Waals surface area contributed by atoms with E-state index in [1.807, 2.05) is 60.7 Å². The van der Waals surface area contributed by atoms with Crippen LogP contribution in [0.5, 0.6) is 23.0 Å². The number of carbonyl (C=O) groups excluding carboxylic acids is 5. The Bertz CT molecular complexity index is 3210. The van der Waals surface area contributed by atoms with Gasteiger partial charge in [-0.15, -0.1) is 0 Å². The monoisotopic (exact) mass is 1070 g/mol. The molecule has 2 fully saturated rings. The molecule has 0 bridgehead atoms. The molecule has 0 spiro atoms. The van der Waals surface area contributed by atoms with Crippen LogP contribution >= 0.6 is 0 Å². The molecule has 1 saturated heterocycles. The van der Waals surface area contributed by atoms with Crippen molar-refractivity contribution in [2.24, 2.45) is 27.8 Å². The molecule has 5 aromatic carbocycles. The number of alkyl carbamates (subject to hydrolysis) is 1. The van der Waals surface area contributed by atoms with Crippen molar-refractivity contribution in [1.82, 2.24) is 10.6 Å². The standard InChI is InChI=1S/C58H59N5O15/c1-29-51(66)40(24-44(76-29)78-42-26-58(73,43(65)27-64)25-37-46(42)55(70)48-47(53(37)68)52(67)36-14-9-15-41(74-2)45(36)54(48)69)61-56(71)75-28-30-16-18-33(19-17-30)77-57(72)60-39-23-21-35-34(20-22-38(39)59)49(31-10-5-3-6-11-31)62-63-50(35)32-12-7-4-8-13-32/h3-19,29,34-35,38-40,42,44,51,64,66,68,70,73H,20-28,59H2,1-2H3,(H,60,72)(H,61,71)/t29?,34?,35?,38?,39?,40-,42+,44+,51-,58+/m1/s1. The number of carbonyl (C=O) groups is 5. The van der Waals surface area contributed by atoms with Gasteiger partial charge in [-0.1, -0.05) is 84.9 Å². The van der Waals surface area contributed by atoms with E-state index in [1.165, 1.54) is 32.2 Å². The van der Waals surface area contributed by atoms with Gasteiger partial charge in [0.05, 0.1) is 53.5 Å². The van der Waals surface area contributed by atoms with Crippen LogP contribution < -0.4 is 25.8 Å². The number of aliphatic hydroxyl groups excluding tert-OH is 2. The number of nitrogens with one attached hydrogen (secondary N) is 2. The number of ketones is 3. The van der Waals surface area contributed by atoms with Crippen LogP contribution in [0.4, 0.5) is 9.59 Å². The number of nitrogens with zero attached hydrogens (tertiary/aromatic N) is 2. The number of phenols is 2. The molecule has 20 nitrogen and oxygen atoms in total. The lowest BCUT2D eigenvalue weighted by molar-refractivity contribution is -0.249. The van der Waals surface area contributed by atoms with E-state index in [-0.39, 0.29) is 70.7 Å². The fourth-order valence-electron chi connectivity index (χ4n) is 11.5. The Hall–Kier alpha value is -7.85. The van der Waals surface area contributed by atoms with Crippen molar-refractivity contribution >= 4 is 41.0 Å². The number of phenolic OH excluding ortho intramolecular Hbond substituents is 2. The second-order valence-corrected chi connectivity index (χ2v) is 20.3. The van der Waals surface area contributed by atoms with Crippen molar-refractivity contribution in [3.05, 3.63) is 153 Å². The van der Waals surface area contributed by atoms with Crippen molar-refractivity contribution in [2.45, 2.75) is 107 Å². The van der Waals surface area contributed by atoms with Gasteiger partial charge in [-0.05, 0) is 67.5 Å². The van der Waals surface area contributed by atoms with Gasteiger partial charge < -0.3 is 65.6 Å². The SMILES string of the molecule is COc1cccc2c1C(=O)c1c(O)c3c(c(O)c1C2=O)C[C@@](O)(C(=O)CO)C[C@@H]3O[C@H]1C[C@@H](NC(=O)OCc2ccc(OC(=O)NC3CCC4C(c5ccccc5)=NN=C(c5ccccc5)C4CCC3N)cc2)[C@H](O)C(C)O1. The number of hydrogen-bond acceptors (Lipinski definition) is 18. The highest BCUT2D eigenvalue weighted by Crippen LogP contribution is 2.53. The smallest absolute Gasteiger partial charge is 0.412 e. The van der Waals surface area contributed by atoms with Gasteiger partial charge in [0.2, 0.25) is 5.78 Å². The van der Waals surface area contributed by atoms with E-state index >= 15 is 0 Å². The number of Topliss-reactive ketones (excluding diaryl/α,β-unsaturated/α-hetero) is 1. The Kier molecular flexibility index (Phi) is 15.3. The van der Waals surface area contributed by atoms with Gasteiger partial charge >= 0.3 is 12.2 Å². The molecule has 2 amide bonds. The summed E-state index contributed by atoms with van der Waals surface area (Å²) in [6, 6.07) is 28.8. The summed E-state index contributed by atoms with van der Waals surface area (Å²) in [4.78, 5) is 67.7. The lowest BCUT2D eigenvalue weighted by Gasteiger charge is -2.42. The largest absolute Gasteiger partial charge is 0.507 e. The number of ether oxygens (including phenoxy) is 5. The number of fused-ring (bicyclic) bond motifs is 4. The van der Waals surface area contributed by atoms with E-state index < -0.39 is 108 Å². The highest BCUT2D eigenvalue weighted by Gasteiger charge is 2.51.